The van der Waals surface area contributed by atoms with Crippen LogP contribution < -0.4 is 0 Å². The number of carbonyl (C=O) groups is 2. The predicted molar refractivity (Wildman–Crippen MR) is 62.3 cm³/mol. The number of methoxy groups -OCH3 is 2. The minimum atomic E-state index is -1.38. The molecule has 0 radical (unpaired) electrons. The molecule has 0 unspecified atom stereocenters. The molecule has 104 valence electrons. The third kappa shape index (κ3) is 1.99. The number of aliphatic carboxylic acids is 2. The molecular weight excluding hydrogens is 240 g/mol. The zero-order valence-electron chi connectivity index (χ0n) is 11.1. The van der Waals surface area contributed by atoms with Gasteiger partial charge in [0.2, 0.25) is 0 Å². The van der Waals surface area contributed by atoms with Gasteiger partial charge in [-0.3, -0.25) is 9.59 Å². The standard InChI is InChI=1S/C12H20O6/c1-11(9(13)14)5-7(17-3)8(18-4)6-12(11,2)10(15)16/h7-8H,5-6H2,1-4H3,(H,13,14)(H,15,16)/t7-,8+,11+,12-. The lowest BCUT2D eigenvalue weighted by molar-refractivity contribution is -0.194. The highest BCUT2D eigenvalue weighted by molar-refractivity contribution is 5.86. The minimum absolute atomic E-state index is 0.111. The number of rotatable bonds is 4. The number of carboxylic acid groups (broad SMARTS) is 2. The van der Waals surface area contributed by atoms with Crippen molar-refractivity contribution in [2.75, 3.05) is 14.2 Å². The molecule has 0 heterocycles. The first-order chi connectivity index (χ1) is 8.22. The lowest BCUT2D eigenvalue weighted by Gasteiger charge is -2.49. The zero-order chi connectivity index (χ0) is 14.1. The highest BCUT2D eigenvalue weighted by Crippen LogP contribution is 2.52. The largest absolute Gasteiger partial charge is 0.481 e. The van der Waals surface area contributed by atoms with Gasteiger partial charge in [-0.1, -0.05) is 0 Å². The van der Waals surface area contributed by atoms with Crippen LogP contribution in [0.15, 0.2) is 0 Å². The van der Waals surface area contributed by atoms with Gasteiger partial charge in [-0.2, -0.15) is 0 Å². The van der Waals surface area contributed by atoms with Crippen molar-refractivity contribution in [1.82, 2.24) is 0 Å². The minimum Gasteiger partial charge on any atom is -0.481 e. The van der Waals surface area contributed by atoms with Gasteiger partial charge in [0.25, 0.3) is 0 Å². The summed E-state index contributed by atoms with van der Waals surface area (Å²) < 4.78 is 10.5. The Morgan fingerprint density at radius 3 is 1.39 bits per heavy atom. The van der Waals surface area contributed by atoms with E-state index in [-0.39, 0.29) is 12.8 Å². The molecule has 0 bridgehead atoms. The first kappa shape index (κ1) is 14.9. The molecule has 18 heavy (non-hydrogen) atoms. The van der Waals surface area contributed by atoms with E-state index in [0.29, 0.717) is 0 Å². The van der Waals surface area contributed by atoms with E-state index in [1.165, 1.54) is 28.1 Å². The smallest absolute Gasteiger partial charge is 0.310 e. The van der Waals surface area contributed by atoms with Crippen LogP contribution in [-0.2, 0) is 19.1 Å². The van der Waals surface area contributed by atoms with Gasteiger partial charge in [-0.05, 0) is 26.7 Å². The number of hydrogen-bond donors (Lipinski definition) is 2. The Morgan fingerprint density at radius 1 is 0.944 bits per heavy atom. The van der Waals surface area contributed by atoms with Crippen LogP contribution in [0.1, 0.15) is 26.7 Å². The molecule has 0 aromatic carbocycles. The molecule has 1 rings (SSSR count). The highest BCUT2D eigenvalue weighted by atomic mass is 16.5. The van der Waals surface area contributed by atoms with Gasteiger partial charge >= 0.3 is 11.9 Å². The Morgan fingerprint density at radius 2 is 1.22 bits per heavy atom. The molecule has 6 nitrogen and oxygen atoms in total. The zero-order valence-corrected chi connectivity index (χ0v) is 11.1. The molecule has 0 amide bonds. The van der Waals surface area contributed by atoms with E-state index in [1.54, 1.807) is 0 Å². The van der Waals surface area contributed by atoms with Gasteiger partial charge in [0, 0.05) is 14.2 Å². The Kier molecular flexibility index (Phi) is 4.02. The quantitative estimate of drug-likeness (QED) is 0.783. The van der Waals surface area contributed by atoms with Crippen molar-refractivity contribution in [1.29, 1.82) is 0 Å². The van der Waals surface area contributed by atoms with E-state index in [1.807, 2.05) is 0 Å². The molecule has 0 saturated heterocycles. The summed E-state index contributed by atoms with van der Waals surface area (Å²) in [5.41, 5.74) is -2.76. The SMILES string of the molecule is CO[C@H]1C[C@](C)(C(=O)O)[C@](C)(C(=O)O)C[C@H]1OC. The van der Waals surface area contributed by atoms with Crippen LogP contribution in [0.2, 0.25) is 0 Å². The molecule has 0 aromatic heterocycles. The van der Waals surface area contributed by atoms with Crippen LogP contribution in [0.5, 0.6) is 0 Å². The summed E-state index contributed by atoms with van der Waals surface area (Å²) in [6.45, 7) is 2.92. The molecule has 1 aliphatic rings. The van der Waals surface area contributed by atoms with Gasteiger partial charge < -0.3 is 19.7 Å². The van der Waals surface area contributed by atoms with Crippen LogP contribution in [0.4, 0.5) is 0 Å². The third-order valence-corrected chi connectivity index (χ3v) is 4.40. The van der Waals surface area contributed by atoms with Crippen LogP contribution in [-0.4, -0.2) is 48.6 Å². The monoisotopic (exact) mass is 260 g/mol. The van der Waals surface area contributed by atoms with E-state index in [9.17, 15) is 19.8 Å². The fourth-order valence-electron chi connectivity index (χ4n) is 2.64. The van der Waals surface area contributed by atoms with E-state index >= 15 is 0 Å². The van der Waals surface area contributed by atoms with Crippen molar-refractivity contribution in [3.63, 3.8) is 0 Å². The van der Waals surface area contributed by atoms with E-state index < -0.39 is 35.0 Å². The topological polar surface area (TPSA) is 93.1 Å². The summed E-state index contributed by atoms with van der Waals surface area (Å²) in [5.74, 6) is -2.24. The van der Waals surface area contributed by atoms with Crippen LogP contribution in [0.3, 0.4) is 0 Å². The molecule has 6 heteroatoms. The normalized spacial score (nSPS) is 40.4. The average molecular weight is 260 g/mol. The Balaban J connectivity index is 3.22. The molecule has 0 aromatic rings. The molecule has 2 N–H and O–H groups in total. The maximum atomic E-state index is 11.5. The Labute approximate surface area is 106 Å². The number of ether oxygens (including phenoxy) is 2. The Hall–Kier alpha value is -1.14. The lowest BCUT2D eigenvalue weighted by atomic mass is 9.56. The molecule has 4 atom stereocenters. The second kappa shape index (κ2) is 4.85. The summed E-state index contributed by atoms with van der Waals surface area (Å²) in [6.07, 6.45) is -0.604. The van der Waals surface area contributed by atoms with Gasteiger partial charge in [-0.15, -0.1) is 0 Å². The van der Waals surface area contributed by atoms with Crippen LogP contribution >= 0.6 is 0 Å². The van der Waals surface area contributed by atoms with Crippen molar-refractivity contribution in [3.05, 3.63) is 0 Å². The Bertz CT molecular complexity index is 320. The summed E-state index contributed by atoms with van der Waals surface area (Å²) in [7, 11) is 2.95. The molecule has 0 spiro atoms. The van der Waals surface area contributed by atoms with Crippen LogP contribution in [0.25, 0.3) is 0 Å². The van der Waals surface area contributed by atoms with E-state index in [4.69, 9.17) is 9.47 Å². The van der Waals surface area contributed by atoms with Gasteiger partial charge in [0.05, 0.1) is 23.0 Å². The first-order valence-electron chi connectivity index (χ1n) is 5.75. The van der Waals surface area contributed by atoms with Crippen molar-refractivity contribution in [2.24, 2.45) is 10.8 Å². The van der Waals surface area contributed by atoms with Gasteiger partial charge in [0.15, 0.2) is 0 Å². The molecule has 0 aliphatic heterocycles. The van der Waals surface area contributed by atoms with E-state index in [0.717, 1.165) is 0 Å². The van der Waals surface area contributed by atoms with Gasteiger partial charge in [0.1, 0.15) is 0 Å². The fourth-order valence-corrected chi connectivity index (χ4v) is 2.64. The van der Waals surface area contributed by atoms with E-state index in [2.05, 4.69) is 0 Å². The summed E-state index contributed by atoms with van der Waals surface area (Å²) >= 11 is 0. The molecular formula is C12H20O6. The highest BCUT2D eigenvalue weighted by Gasteiger charge is 2.61. The maximum absolute atomic E-state index is 11.5. The third-order valence-electron chi connectivity index (χ3n) is 4.40. The summed E-state index contributed by atoms with van der Waals surface area (Å²) in [6, 6.07) is 0. The molecule has 1 fully saturated rings. The van der Waals surface area contributed by atoms with Crippen LogP contribution in [0, 0.1) is 10.8 Å². The summed E-state index contributed by atoms with van der Waals surface area (Å²) in [5, 5.41) is 18.8. The van der Waals surface area contributed by atoms with Crippen molar-refractivity contribution in [2.45, 2.75) is 38.9 Å². The van der Waals surface area contributed by atoms with Gasteiger partial charge in [-0.25, -0.2) is 0 Å². The fraction of sp³-hybridized carbons (Fsp3) is 0.833. The number of hydrogen-bond acceptors (Lipinski definition) is 4. The van der Waals surface area contributed by atoms with Crippen molar-refractivity contribution < 1.29 is 29.3 Å². The number of carboxylic acids is 2. The first-order valence-corrected chi connectivity index (χ1v) is 5.75. The second-order valence-corrected chi connectivity index (χ2v) is 5.23. The lowest BCUT2D eigenvalue weighted by Crippen LogP contribution is -2.58. The van der Waals surface area contributed by atoms with Crippen molar-refractivity contribution in [3.8, 4) is 0 Å². The maximum Gasteiger partial charge on any atom is 0.310 e. The molecule has 1 aliphatic carbocycles. The van der Waals surface area contributed by atoms with Crippen molar-refractivity contribution >= 4 is 11.9 Å². The average Bonchev–Trinajstić information content (AvgIpc) is 2.31. The second-order valence-electron chi connectivity index (χ2n) is 5.23. The molecule has 1 saturated carbocycles. The summed E-state index contributed by atoms with van der Waals surface area (Å²) in [4.78, 5) is 23.0. The predicted octanol–water partition coefficient (Wildman–Crippen LogP) is 0.992.